The average molecular weight is 182 g/mol. The summed E-state index contributed by atoms with van der Waals surface area (Å²) >= 11 is 2.82. The van der Waals surface area contributed by atoms with Gasteiger partial charge in [-0.05, 0) is 0 Å². The number of hydrogen-bond donors (Lipinski definition) is 2. The van der Waals surface area contributed by atoms with Crippen molar-refractivity contribution in [2.45, 2.75) is 24.7 Å². The van der Waals surface area contributed by atoms with Crippen LogP contribution in [0.25, 0.3) is 0 Å². The average Bonchev–Trinajstić information content (AvgIpc) is 2.00. The van der Waals surface area contributed by atoms with Gasteiger partial charge in [-0.3, -0.25) is 0 Å². The summed E-state index contributed by atoms with van der Waals surface area (Å²) in [6.07, 6.45) is 0. The second-order valence-electron chi connectivity index (χ2n) is 1.58. The molecule has 2 atom stereocenters. The van der Waals surface area contributed by atoms with Gasteiger partial charge in [0.05, 0.1) is 0 Å². The molecule has 62 valence electrons. The smallest absolute Gasteiger partial charge is 0.108 e. The minimum atomic E-state index is -0.261. The predicted molar refractivity (Wildman–Crippen MR) is 48.3 cm³/mol. The maximum absolute atomic E-state index is 8.86. The Morgan fingerprint density at radius 3 is 1.50 bits per heavy atom. The van der Waals surface area contributed by atoms with Gasteiger partial charge in [-0.1, -0.05) is 13.8 Å². The molecule has 0 aromatic heterocycles. The first-order valence-electron chi connectivity index (χ1n) is 3.38. The van der Waals surface area contributed by atoms with Crippen molar-refractivity contribution in [1.82, 2.24) is 0 Å². The van der Waals surface area contributed by atoms with E-state index in [9.17, 15) is 0 Å². The molecule has 4 heteroatoms. The van der Waals surface area contributed by atoms with Crippen LogP contribution in [0, 0.1) is 0 Å². The van der Waals surface area contributed by atoms with Gasteiger partial charge < -0.3 is 10.2 Å². The zero-order valence-electron chi connectivity index (χ0n) is 6.28. The Kier molecular flexibility index (Phi) is 6.73. The van der Waals surface area contributed by atoms with E-state index in [1.54, 1.807) is 0 Å². The van der Waals surface area contributed by atoms with Gasteiger partial charge in [-0.15, -0.1) is 23.5 Å². The Balaban J connectivity index is 0.000000371. The highest BCUT2D eigenvalue weighted by Crippen LogP contribution is 2.26. The van der Waals surface area contributed by atoms with E-state index in [1.165, 1.54) is 23.5 Å². The Morgan fingerprint density at radius 2 is 1.30 bits per heavy atom. The summed E-state index contributed by atoms with van der Waals surface area (Å²) in [5, 5.41) is 17.7. The highest BCUT2D eigenvalue weighted by Gasteiger charge is 2.16. The molecule has 1 saturated heterocycles. The molecule has 1 fully saturated rings. The normalized spacial score (nSPS) is 32.4. The van der Waals surface area contributed by atoms with Crippen molar-refractivity contribution in [2.75, 3.05) is 11.5 Å². The van der Waals surface area contributed by atoms with Gasteiger partial charge in [0.25, 0.3) is 0 Å². The first-order valence-corrected chi connectivity index (χ1v) is 5.48. The number of thioether (sulfide) groups is 2. The van der Waals surface area contributed by atoms with Gasteiger partial charge in [0.2, 0.25) is 0 Å². The van der Waals surface area contributed by atoms with Gasteiger partial charge in [0, 0.05) is 11.5 Å². The zero-order valence-corrected chi connectivity index (χ0v) is 7.91. The van der Waals surface area contributed by atoms with Crippen LogP contribution in [0.1, 0.15) is 13.8 Å². The van der Waals surface area contributed by atoms with E-state index < -0.39 is 0 Å². The molecular weight excluding hydrogens is 168 g/mol. The van der Waals surface area contributed by atoms with Gasteiger partial charge >= 0.3 is 0 Å². The van der Waals surface area contributed by atoms with E-state index in [1.807, 2.05) is 13.8 Å². The van der Waals surface area contributed by atoms with Crippen molar-refractivity contribution >= 4 is 23.5 Å². The van der Waals surface area contributed by atoms with Crippen LogP contribution in [-0.4, -0.2) is 32.6 Å². The Bertz CT molecular complexity index is 62.1. The zero-order chi connectivity index (χ0) is 7.98. The second kappa shape index (κ2) is 6.34. The maximum Gasteiger partial charge on any atom is 0.108 e. The highest BCUT2D eigenvalue weighted by atomic mass is 32.2. The molecule has 0 radical (unpaired) electrons. The lowest BCUT2D eigenvalue weighted by atomic mass is 10.8. The molecule has 0 aromatic rings. The standard InChI is InChI=1S/C4H8O2S2.C2H6/c5-3-1-7-4(6)2-8-3;1-2/h3-6H,1-2H2;1-2H3. The van der Waals surface area contributed by atoms with Crippen LogP contribution in [-0.2, 0) is 0 Å². The third kappa shape index (κ3) is 4.44. The molecule has 1 aliphatic rings. The predicted octanol–water partition coefficient (Wildman–Crippen LogP) is 1.13. The Labute approximate surface area is 70.4 Å². The fourth-order valence-corrected chi connectivity index (χ4v) is 2.50. The Hall–Kier alpha value is 0.620. The SMILES string of the molecule is CC.OC1CSC(O)CS1. The molecule has 1 aliphatic heterocycles. The van der Waals surface area contributed by atoms with Gasteiger partial charge in [0.1, 0.15) is 10.9 Å². The first kappa shape index (κ1) is 10.6. The van der Waals surface area contributed by atoms with Crippen LogP contribution in [0.2, 0.25) is 0 Å². The van der Waals surface area contributed by atoms with Crippen LogP contribution in [0.15, 0.2) is 0 Å². The lowest BCUT2D eigenvalue weighted by Crippen LogP contribution is -2.19. The molecule has 1 heterocycles. The van der Waals surface area contributed by atoms with Gasteiger partial charge in [0.15, 0.2) is 0 Å². The summed E-state index contributed by atoms with van der Waals surface area (Å²) in [6.45, 7) is 4.00. The van der Waals surface area contributed by atoms with E-state index in [2.05, 4.69) is 0 Å². The van der Waals surface area contributed by atoms with Crippen LogP contribution >= 0.6 is 23.5 Å². The summed E-state index contributed by atoms with van der Waals surface area (Å²) in [5.74, 6) is 1.32. The fourth-order valence-electron chi connectivity index (χ4n) is 0.483. The Morgan fingerprint density at radius 1 is 1.00 bits per heavy atom. The summed E-state index contributed by atoms with van der Waals surface area (Å²) in [7, 11) is 0. The van der Waals surface area contributed by atoms with Crippen LogP contribution in [0.4, 0.5) is 0 Å². The highest BCUT2D eigenvalue weighted by molar-refractivity contribution is 8.06. The molecule has 0 aliphatic carbocycles. The topological polar surface area (TPSA) is 40.5 Å². The van der Waals surface area contributed by atoms with Crippen LogP contribution in [0.5, 0.6) is 0 Å². The number of hydrogen-bond acceptors (Lipinski definition) is 4. The molecule has 0 bridgehead atoms. The summed E-state index contributed by atoms with van der Waals surface area (Å²) < 4.78 is 0. The van der Waals surface area contributed by atoms with Crippen molar-refractivity contribution in [3.05, 3.63) is 0 Å². The quantitative estimate of drug-likeness (QED) is 0.589. The molecule has 2 unspecified atom stereocenters. The molecule has 1 rings (SSSR count). The van der Waals surface area contributed by atoms with Crippen molar-refractivity contribution < 1.29 is 10.2 Å². The van der Waals surface area contributed by atoms with E-state index >= 15 is 0 Å². The summed E-state index contributed by atoms with van der Waals surface area (Å²) in [4.78, 5) is 0. The minimum absolute atomic E-state index is 0.261. The van der Waals surface area contributed by atoms with Crippen molar-refractivity contribution in [3.8, 4) is 0 Å². The lowest BCUT2D eigenvalue weighted by Gasteiger charge is -2.19. The third-order valence-corrected chi connectivity index (χ3v) is 3.40. The molecule has 0 spiro atoms. The summed E-state index contributed by atoms with van der Waals surface area (Å²) in [6, 6.07) is 0. The molecular formula is C6H14O2S2. The first-order chi connectivity index (χ1) is 4.79. The number of rotatable bonds is 0. The third-order valence-electron chi connectivity index (χ3n) is 0.862. The van der Waals surface area contributed by atoms with Crippen LogP contribution in [0.3, 0.4) is 0 Å². The largest absolute Gasteiger partial charge is 0.382 e. The van der Waals surface area contributed by atoms with E-state index in [-0.39, 0.29) is 10.9 Å². The monoisotopic (exact) mass is 182 g/mol. The summed E-state index contributed by atoms with van der Waals surface area (Å²) in [5.41, 5.74) is -0.521. The van der Waals surface area contributed by atoms with Gasteiger partial charge in [-0.2, -0.15) is 0 Å². The number of aliphatic hydroxyl groups excluding tert-OH is 2. The molecule has 0 aromatic carbocycles. The molecule has 2 N–H and O–H groups in total. The van der Waals surface area contributed by atoms with Crippen molar-refractivity contribution in [1.29, 1.82) is 0 Å². The molecule has 0 saturated carbocycles. The van der Waals surface area contributed by atoms with Crippen molar-refractivity contribution in [3.63, 3.8) is 0 Å². The lowest BCUT2D eigenvalue weighted by molar-refractivity contribution is 0.263. The van der Waals surface area contributed by atoms with E-state index in [0.29, 0.717) is 11.5 Å². The van der Waals surface area contributed by atoms with E-state index in [0.717, 1.165) is 0 Å². The second-order valence-corrected chi connectivity index (χ2v) is 4.00. The van der Waals surface area contributed by atoms with Crippen molar-refractivity contribution in [2.24, 2.45) is 0 Å². The minimum Gasteiger partial charge on any atom is -0.382 e. The molecule has 10 heavy (non-hydrogen) atoms. The fraction of sp³-hybridized carbons (Fsp3) is 1.00. The van der Waals surface area contributed by atoms with Crippen LogP contribution < -0.4 is 0 Å². The molecule has 0 amide bonds. The van der Waals surface area contributed by atoms with E-state index in [4.69, 9.17) is 10.2 Å². The maximum atomic E-state index is 8.86. The number of aliphatic hydroxyl groups is 2. The van der Waals surface area contributed by atoms with Gasteiger partial charge in [-0.25, -0.2) is 0 Å². The molecule has 2 nitrogen and oxygen atoms in total.